The lowest BCUT2D eigenvalue weighted by Crippen LogP contribution is -2.34. The summed E-state index contributed by atoms with van der Waals surface area (Å²) in [6.45, 7) is 5.81. The van der Waals surface area contributed by atoms with Crippen LogP contribution in [0.3, 0.4) is 0 Å². The summed E-state index contributed by atoms with van der Waals surface area (Å²) in [4.78, 5) is 13.7. The van der Waals surface area contributed by atoms with Crippen LogP contribution in [-0.2, 0) is 4.79 Å². The van der Waals surface area contributed by atoms with Gasteiger partial charge in [-0.05, 0) is 39.8 Å². The first-order valence-corrected chi connectivity index (χ1v) is 7.10. The molecule has 0 aliphatic carbocycles. The van der Waals surface area contributed by atoms with Crippen LogP contribution < -0.4 is 0 Å². The Morgan fingerprint density at radius 3 is 2.37 bits per heavy atom. The topological polar surface area (TPSA) is 58.4 Å². The maximum atomic E-state index is 11.6. The Balaban J connectivity index is 2.20. The van der Waals surface area contributed by atoms with E-state index in [-0.39, 0.29) is 6.04 Å². The number of hydrogen-bond donors (Lipinski definition) is 1. The average molecular weight is 265 g/mol. The largest absolute Gasteiger partial charge is 0.480 e. The van der Waals surface area contributed by atoms with Gasteiger partial charge in [-0.1, -0.05) is 12.8 Å². The molecule has 1 saturated heterocycles. The molecule has 0 amide bonds. The average Bonchev–Trinajstić information content (AvgIpc) is 2.67. The van der Waals surface area contributed by atoms with Gasteiger partial charge in [0.25, 0.3) is 0 Å². The number of aliphatic carboxylic acids is 1. The van der Waals surface area contributed by atoms with Crippen LogP contribution in [0, 0.1) is 0 Å². The summed E-state index contributed by atoms with van der Waals surface area (Å²) < 4.78 is 1.82. The molecule has 2 heterocycles. The predicted octanol–water partition coefficient (Wildman–Crippen LogP) is 2.47. The summed E-state index contributed by atoms with van der Waals surface area (Å²) in [6.07, 6.45) is 8.14. The molecule has 0 bridgehead atoms. The third-order valence-corrected chi connectivity index (χ3v) is 3.71. The van der Waals surface area contributed by atoms with Crippen molar-refractivity contribution >= 4 is 5.97 Å². The number of likely N-dealkylation sites (tertiary alicyclic amines) is 1. The van der Waals surface area contributed by atoms with E-state index in [0.29, 0.717) is 0 Å². The molecule has 1 unspecified atom stereocenters. The van der Waals surface area contributed by atoms with Crippen LogP contribution in [0.1, 0.15) is 57.2 Å². The van der Waals surface area contributed by atoms with Crippen LogP contribution in [0.5, 0.6) is 0 Å². The van der Waals surface area contributed by atoms with Gasteiger partial charge in [-0.15, -0.1) is 0 Å². The van der Waals surface area contributed by atoms with E-state index in [4.69, 9.17) is 0 Å². The number of carboxylic acids is 1. The van der Waals surface area contributed by atoms with Crippen LogP contribution in [0.2, 0.25) is 0 Å². The van der Waals surface area contributed by atoms with Gasteiger partial charge in [0.15, 0.2) is 0 Å². The number of rotatable bonds is 4. The number of carbonyl (C=O) groups is 1. The molecule has 1 atom stereocenters. The quantitative estimate of drug-likeness (QED) is 0.908. The monoisotopic (exact) mass is 265 g/mol. The second-order valence-corrected chi connectivity index (χ2v) is 5.54. The first-order chi connectivity index (χ1) is 9.09. The molecule has 5 heteroatoms. The van der Waals surface area contributed by atoms with E-state index in [1.54, 1.807) is 6.20 Å². The molecule has 1 aromatic heterocycles. The summed E-state index contributed by atoms with van der Waals surface area (Å²) in [7, 11) is 0. The molecule has 1 aromatic rings. The van der Waals surface area contributed by atoms with Gasteiger partial charge in [0.05, 0.1) is 6.20 Å². The van der Waals surface area contributed by atoms with Crippen molar-refractivity contribution in [3.05, 3.63) is 18.0 Å². The fourth-order valence-electron chi connectivity index (χ4n) is 2.64. The Labute approximate surface area is 114 Å². The molecule has 0 radical (unpaired) electrons. The van der Waals surface area contributed by atoms with Crippen LogP contribution in [0.15, 0.2) is 12.4 Å². The van der Waals surface area contributed by atoms with Crippen LogP contribution in [0.25, 0.3) is 0 Å². The first kappa shape index (κ1) is 14.1. The highest BCUT2D eigenvalue weighted by atomic mass is 16.4. The zero-order valence-corrected chi connectivity index (χ0v) is 11.7. The Morgan fingerprint density at radius 1 is 1.26 bits per heavy atom. The van der Waals surface area contributed by atoms with Crippen molar-refractivity contribution in [3.63, 3.8) is 0 Å². The second kappa shape index (κ2) is 6.19. The fraction of sp³-hybridized carbons (Fsp3) is 0.714. The predicted molar refractivity (Wildman–Crippen MR) is 73.0 cm³/mol. The van der Waals surface area contributed by atoms with Crippen LogP contribution in [0.4, 0.5) is 0 Å². The maximum absolute atomic E-state index is 11.6. The van der Waals surface area contributed by atoms with Gasteiger partial charge in [0, 0.05) is 17.8 Å². The van der Waals surface area contributed by atoms with Gasteiger partial charge >= 0.3 is 5.97 Å². The van der Waals surface area contributed by atoms with Gasteiger partial charge in [-0.25, -0.2) is 0 Å². The molecule has 1 N–H and O–H groups in total. The normalized spacial score (nSPS) is 19.3. The van der Waals surface area contributed by atoms with Crippen LogP contribution >= 0.6 is 0 Å². The highest BCUT2D eigenvalue weighted by Crippen LogP contribution is 2.24. The van der Waals surface area contributed by atoms with Crippen LogP contribution in [-0.4, -0.2) is 38.8 Å². The molecule has 1 fully saturated rings. The van der Waals surface area contributed by atoms with E-state index in [2.05, 4.69) is 10.00 Å². The molecule has 0 spiro atoms. The van der Waals surface area contributed by atoms with Gasteiger partial charge in [0.2, 0.25) is 0 Å². The van der Waals surface area contributed by atoms with Gasteiger partial charge in [-0.2, -0.15) is 5.10 Å². The van der Waals surface area contributed by atoms with Gasteiger partial charge in [-0.3, -0.25) is 14.4 Å². The Kier molecular flexibility index (Phi) is 4.58. The lowest BCUT2D eigenvalue weighted by molar-refractivity contribution is -0.143. The van der Waals surface area contributed by atoms with E-state index >= 15 is 0 Å². The number of aromatic nitrogens is 2. The highest BCUT2D eigenvalue weighted by molar-refractivity contribution is 5.75. The van der Waals surface area contributed by atoms with Crippen molar-refractivity contribution in [2.24, 2.45) is 0 Å². The lowest BCUT2D eigenvalue weighted by atomic mass is 10.1. The summed E-state index contributed by atoms with van der Waals surface area (Å²) in [5.74, 6) is -0.773. The van der Waals surface area contributed by atoms with Crippen molar-refractivity contribution in [1.29, 1.82) is 0 Å². The third kappa shape index (κ3) is 3.35. The lowest BCUT2D eigenvalue weighted by Gasteiger charge is -2.26. The number of nitrogens with zero attached hydrogens (tertiary/aromatic N) is 3. The Morgan fingerprint density at radius 2 is 1.89 bits per heavy atom. The van der Waals surface area contributed by atoms with E-state index in [9.17, 15) is 9.90 Å². The molecule has 1 aliphatic heterocycles. The minimum Gasteiger partial charge on any atom is -0.480 e. The number of carboxylic acid groups (broad SMARTS) is 1. The molecule has 5 nitrogen and oxygen atoms in total. The van der Waals surface area contributed by atoms with Crippen molar-refractivity contribution in [2.75, 3.05) is 13.1 Å². The minimum atomic E-state index is -0.773. The molecule has 106 valence electrons. The molecule has 0 saturated carbocycles. The molecule has 0 aromatic carbocycles. The summed E-state index contributed by atoms with van der Waals surface area (Å²) in [6, 6.07) is -0.294. The van der Waals surface area contributed by atoms with Gasteiger partial charge in [0.1, 0.15) is 6.04 Å². The maximum Gasteiger partial charge on any atom is 0.325 e. The Bertz CT molecular complexity index is 420. The third-order valence-electron chi connectivity index (χ3n) is 3.71. The van der Waals surface area contributed by atoms with Crippen molar-refractivity contribution in [1.82, 2.24) is 14.7 Å². The van der Waals surface area contributed by atoms with E-state index in [0.717, 1.165) is 31.5 Å². The molecular weight excluding hydrogens is 242 g/mol. The van der Waals surface area contributed by atoms with E-state index in [1.807, 2.05) is 24.7 Å². The molecule has 19 heavy (non-hydrogen) atoms. The van der Waals surface area contributed by atoms with Crippen molar-refractivity contribution < 1.29 is 9.90 Å². The minimum absolute atomic E-state index is 0.257. The zero-order valence-electron chi connectivity index (χ0n) is 11.7. The second-order valence-electron chi connectivity index (χ2n) is 5.54. The molecule has 2 rings (SSSR count). The highest BCUT2D eigenvalue weighted by Gasteiger charge is 2.29. The smallest absolute Gasteiger partial charge is 0.325 e. The standard InChI is InChI=1S/C14H23N3O2/c1-11(2)17-10-12(9-15-17)13(14(18)19)16-7-5-3-4-6-8-16/h9-11,13H,3-8H2,1-2H3,(H,18,19). The van der Waals surface area contributed by atoms with Crippen molar-refractivity contribution in [3.8, 4) is 0 Å². The molecular formula is C14H23N3O2. The first-order valence-electron chi connectivity index (χ1n) is 7.10. The van der Waals surface area contributed by atoms with Crippen molar-refractivity contribution in [2.45, 2.75) is 51.6 Å². The zero-order chi connectivity index (χ0) is 13.8. The van der Waals surface area contributed by atoms with Gasteiger partial charge < -0.3 is 5.11 Å². The Hall–Kier alpha value is -1.36. The SMILES string of the molecule is CC(C)n1cc(C(C(=O)O)N2CCCCCC2)cn1. The van der Waals surface area contributed by atoms with E-state index < -0.39 is 12.0 Å². The summed E-state index contributed by atoms with van der Waals surface area (Å²) >= 11 is 0. The number of hydrogen-bond acceptors (Lipinski definition) is 3. The molecule has 1 aliphatic rings. The summed E-state index contributed by atoms with van der Waals surface area (Å²) in [5, 5.41) is 13.8. The van der Waals surface area contributed by atoms with E-state index in [1.165, 1.54) is 12.8 Å². The fourth-order valence-corrected chi connectivity index (χ4v) is 2.64. The summed E-state index contributed by atoms with van der Waals surface area (Å²) in [5.41, 5.74) is 0.795.